The van der Waals surface area contributed by atoms with Gasteiger partial charge in [-0.3, -0.25) is 9.59 Å². The molecule has 0 aromatic heterocycles. The van der Waals surface area contributed by atoms with Gasteiger partial charge in [-0.1, -0.05) is 12.8 Å². The van der Waals surface area contributed by atoms with Gasteiger partial charge in [-0.15, -0.1) is 0 Å². The molecule has 2 heterocycles. The lowest BCUT2D eigenvalue weighted by Gasteiger charge is -2.34. The summed E-state index contributed by atoms with van der Waals surface area (Å²) in [6.45, 7) is 4.49. The molecule has 5 heteroatoms. The third kappa shape index (κ3) is 3.70. The zero-order chi connectivity index (χ0) is 16.2. The Morgan fingerprint density at radius 1 is 0.870 bits per heavy atom. The van der Waals surface area contributed by atoms with Gasteiger partial charge in [0, 0.05) is 38.0 Å². The van der Waals surface area contributed by atoms with E-state index in [4.69, 9.17) is 0 Å². The molecule has 3 atom stereocenters. The van der Waals surface area contributed by atoms with Gasteiger partial charge in [-0.05, 0) is 51.6 Å². The molecular formula is C18H31N3O2. The van der Waals surface area contributed by atoms with Crippen LogP contribution in [0.3, 0.4) is 0 Å². The van der Waals surface area contributed by atoms with Crippen LogP contribution in [0, 0.1) is 17.8 Å². The van der Waals surface area contributed by atoms with Gasteiger partial charge in [0.05, 0.1) is 0 Å². The second kappa shape index (κ2) is 7.65. The second-order valence-electron chi connectivity index (χ2n) is 7.53. The average molecular weight is 321 g/mol. The molecule has 2 aliphatic heterocycles. The van der Waals surface area contributed by atoms with Crippen LogP contribution >= 0.6 is 0 Å². The van der Waals surface area contributed by atoms with Gasteiger partial charge in [-0.2, -0.15) is 0 Å². The lowest BCUT2D eigenvalue weighted by atomic mass is 9.77. The van der Waals surface area contributed by atoms with Crippen molar-refractivity contribution >= 4 is 11.8 Å². The second-order valence-corrected chi connectivity index (χ2v) is 7.53. The molecular weight excluding hydrogens is 290 g/mol. The highest BCUT2D eigenvalue weighted by atomic mass is 16.2. The summed E-state index contributed by atoms with van der Waals surface area (Å²) in [6.07, 6.45) is 7.31. The molecule has 3 fully saturated rings. The van der Waals surface area contributed by atoms with Gasteiger partial charge >= 0.3 is 0 Å². The molecule has 1 saturated carbocycles. The fourth-order valence-corrected chi connectivity index (χ4v) is 4.62. The van der Waals surface area contributed by atoms with E-state index >= 15 is 0 Å². The van der Waals surface area contributed by atoms with Crippen LogP contribution < -0.4 is 5.32 Å². The first-order valence-electron chi connectivity index (χ1n) is 9.43. The van der Waals surface area contributed by atoms with Crippen molar-refractivity contribution in [3.63, 3.8) is 0 Å². The number of carbonyl (C=O) groups is 2. The first-order chi connectivity index (χ1) is 11.2. The number of hydrogen-bond donors (Lipinski definition) is 1. The molecule has 23 heavy (non-hydrogen) atoms. The van der Waals surface area contributed by atoms with Crippen LogP contribution in [0.2, 0.25) is 0 Å². The van der Waals surface area contributed by atoms with Crippen LogP contribution in [0.1, 0.15) is 44.9 Å². The van der Waals surface area contributed by atoms with E-state index in [0.29, 0.717) is 5.92 Å². The topological polar surface area (TPSA) is 52.7 Å². The van der Waals surface area contributed by atoms with Gasteiger partial charge < -0.3 is 15.1 Å². The number of hydrogen-bond acceptors (Lipinski definition) is 3. The SMILES string of the molecule is CNCC1CCN(C(=O)C2CCCCC2C(=O)N2CCCC2)C1. The van der Waals surface area contributed by atoms with Gasteiger partial charge in [0.1, 0.15) is 0 Å². The molecule has 2 amide bonds. The van der Waals surface area contributed by atoms with Gasteiger partial charge in [0.2, 0.25) is 11.8 Å². The van der Waals surface area contributed by atoms with Crippen LogP contribution in [0.15, 0.2) is 0 Å². The van der Waals surface area contributed by atoms with Crippen molar-refractivity contribution < 1.29 is 9.59 Å². The number of rotatable bonds is 4. The Labute approximate surface area is 139 Å². The Kier molecular flexibility index (Phi) is 5.57. The highest BCUT2D eigenvalue weighted by Gasteiger charge is 2.41. The average Bonchev–Trinajstić information content (AvgIpc) is 3.26. The number of nitrogens with zero attached hydrogens (tertiary/aromatic N) is 2. The first-order valence-corrected chi connectivity index (χ1v) is 9.43. The molecule has 5 nitrogen and oxygen atoms in total. The summed E-state index contributed by atoms with van der Waals surface area (Å²) in [4.78, 5) is 29.9. The highest BCUT2D eigenvalue weighted by Crippen LogP contribution is 2.34. The van der Waals surface area contributed by atoms with Crippen LogP contribution in [0.5, 0.6) is 0 Å². The Morgan fingerprint density at radius 2 is 1.48 bits per heavy atom. The quantitative estimate of drug-likeness (QED) is 0.853. The normalized spacial score (nSPS) is 31.6. The predicted molar refractivity (Wildman–Crippen MR) is 89.9 cm³/mol. The van der Waals surface area contributed by atoms with Crippen molar-refractivity contribution in [3.05, 3.63) is 0 Å². The van der Waals surface area contributed by atoms with E-state index in [1.165, 1.54) is 0 Å². The number of carbonyl (C=O) groups excluding carboxylic acids is 2. The van der Waals surface area contributed by atoms with E-state index in [1.807, 2.05) is 16.8 Å². The lowest BCUT2D eigenvalue weighted by molar-refractivity contribution is -0.147. The molecule has 0 aromatic rings. The van der Waals surface area contributed by atoms with Gasteiger partial charge in [0.15, 0.2) is 0 Å². The summed E-state index contributed by atoms with van der Waals surface area (Å²) in [6, 6.07) is 0. The maximum absolute atomic E-state index is 13.0. The fraction of sp³-hybridized carbons (Fsp3) is 0.889. The van der Waals surface area contributed by atoms with Crippen molar-refractivity contribution in [2.75, 3.05) is 39.8 Å². The Hall–Kier alpha value is -1.10. The van der Waals surface area contributed by atoms with E-state index < -0.39 is 0 Å². The van der Waals surface area contributed by atoms with E-state index in [1.54, 1.807) is 0 Å². The van der Waals surface area contributed by atoms with Crippen LogP contribution in [0.25, 0.3) is 0 Å². The molecule has 3 aliphatic rings. The summed E-state index contributed by atoms with van der Waals surface area (Å²) in [5, 5.41) is 3.21. The maximum atomic E-state index is 13.0. The van der Waals surface area contributed by atoms with Crippen molar-refractivity contribution in [1.82, 2.24) is 15.1 Å². The summed E-state index contributed by atoms with van der Waals surface area (Å²) in [5.74, 6) is 0.954. The molecule has 1 N–H and O–H groups in total. The minimum absolute atomic E-state index is 0.0577. The Bertz CT molecular complexity index is 434. The molecule has 0 radical (unpaired) electrons. The number of amides is 2. The van der Waals surface area contributed by atoms with Crippen LogP contribution in [0.4, 0.5) is 0 Å². The predicted octanol–water partition coefficient (Wildman–Crippen LogP) is 1.48. The minimum atomic E-state index is -0.0646. The standard InChI is InChI=1S/C18H31N3O2/c1-19-12-14-8-11-21(13-14)18(23)16-7-3-2-6-15(16)17(22)20-9-4-5-10-20/h14-16,19H,2-13H2,1H3. The summed E-state index contributed by atoms with van der Waals surface area (Å²) in [5.41, 5.74) is 0. The fourth-order valence-electron chi connectivity index (χ4n) is 4.62. The molecule has 1 aliphatic carbocycles. The molecule has 3 unspecified atom stereocenters. The molecule has 0 aromatic carbocycles. The molecule has 0 bridgehead atoms. The summed E-state index contributed by atoms with van der Waals surface area (Å²) in [7, 11) is 1.97. The van der Waals surface area contributed by atoms with Crippen molar-refractivity contribution in [3.8, 4) is 0 Å². The largest absolute Gasteiger partial charge is 0.342 e. The van der Waals surface area contributed by atoms with E-state index in [9.17, 15) is 9.59 Å². The molecule has 0 spiro atoms. The zero-order valence-corrected chi connectivity index (χ0v) is 14.4. The molecule has 2 saturated heterocycles. The maximum Gasteiger partial charge on any atom is 0.226 e. The van der Waals surface area contributed by atoms with E-state index in [2.05, 4.69) is 5.32 Å². The van der Waals surface area contributed by atoms with Crippen molar-refractivity contribution in [2.24, 2.45) is 17.8 Å². The van der Waals surface area contributed by atoms with Crippen LogP contribution in [-0.2, 0) is 9.59 Å². The van der Waals surface area contributed by atoms with Crippen LogP contribution in [-0.4, -0.2) is 61.4 Å². The Balaban J connectivity index is 1.63. The van der Waals surface area contributed by atoms with E-state index in [0.717, 1.165) is 77.7 Å². The van der Waals surface area contributed by atoms with Gasteiger partial charge in [-0.25, -0.2) is 0 Å². The number of nitrogens with one attached hydrogen (secondary N) is 1. The zero-order valence-electron chi connectivity index (χ0n) is 14.4. The third-order valence-corrected chi connectivity index (χ3v) is 5.91. The van der Waals surface area contributed by atoms with Crippen molar-refractivity contribution in [2.45, 2.75) is 44.9 Å². The smallest absolute Gasteiger partial charge is 0.226 e. The van der Waals surface area contributed by atoms with E-state index in [-0.39, 0.29) is 23.7 Å². The summed E-state index contributed by atoms with van der Waals surface area (Å²) >= 11 is 0. The lowest BCUT2D eigenvalue weighted by Crippen LogP contribution is -2.45. The molecule has 3 rings (SSSR count). The minimum Gasteiger partial charge on any atom is -0.342 e. The third-order valence-electron chi connectivity index (χ3n) is 5.91. The van der Waals surface area contributed by atoms with Gasteiger partial charge in [0.25, 0.3) is 0 Å². The summed E-state index contributed by atoms with van der Waals surface area (Å²) < 4.78 is 0. The monoisotopic (exact) mass is 321 g/mol. The highest BCUT2D eigenvalue weighted by molar-refractivity contribution is 5.88. The molecule has 130 valence electrons. The van der Waals surface area contributed by atoms with Crippen molar-refractivity contribution in [1.29, 1.82) is 0 Å². The first kappa shape index (κ1) is 16.7. The number of likely N-dealkylation sites (tertiary alicyclic amines) is 2. The Morgan fingerprint density at radius 3 is 2.09 bits per heavy atom.